The predicted molar refractivity (Wildman–Crippen MR) is 159 cm³/mol. The van der Waals surface area contributed by atoms with Gasteiger partial charge < -0.3 is 14.6 Å². The summed E-state index contributed by atoms with van der Waals surface area (Å²) in [7, 11) is 0. The molecule has 1 heterocycles. The second-order valence-corrected chi connectivity index (χ2v) is 11.1. The van der Waals surface area contributed by atoms with Gasteiger partial charge in [-0.25, -0.2) is 0 Å². The van der Waals surface area contributed by atoms with Crippen LogP contribution in [0, 0.1) is 0 Å². The Morgan fingerprint density at radius 2 is 1.57 bits per heavy atom. The Hall–Kier alpha value is -4.06. The molecule has 0 aliphatic carbocycles. The summed E-state index contributed by atoms with van der Waals surface area (Å²) in [5.74, 6) is -0.363. The topological polar surface area (TPSA) is 76.1 Å². The molecule has 6 heteroatoms. The molecule has 0 bridgehead atoms. The van der Waals surface area contributed by atoms with Gasteiger partial charge in [-0.15, -0.1) is 0 Å². The Morgan fingerprint density at radius 3 is 2.20 bits per heavy atom. The number of rotatable bonds is 10. The molecule has 3 aromatic rings. The molecule has 210 valence electrons. The van der Waals surface area contributed by atoms with E-state index in [-0.39, 0.29) is 16.7 Å². The fourth-order valence-corrected chi connectivity index (χ4v) is 4.88. The first-order valence-electron chi connectivity index (χ1n) is 14.0. The lowest BCUT2D eigenvalue weighted by Gasteiger charge is -2.27. The molecular weight excluding hydrogens is 502 g/mol. The third kappa shape index (κ3) is 6.22. The summed E-state index contributed by atoms with van der Waals surface area (Å²) in [6, 6.07) is 21.2. The number of carbonyl (C=O) groups is 2. The molecule has 0 radical (unpaired) electrons. The maximum atomic E-state index is 13.5. The van der Waals surface area contributed by atoms with Gasteiger partial charge >= 0.3 is 0 Å². The van der Waals surface area contributed by atoms with Crippen molar-refractivity contribution in [1.29, 1.82) is 0 Å². The molecule has 1 aliphatic rings. The standard InChI is InChI=1S/C34H39NO5/c1-6-8-9-21-40-27-19-15-24(16-20-27)31(36)29-30(23-13-17-25(18-14-23)34(3,4)5)35(33(38)32(29)37)26-11-10-12-28(22-26)39-7-2/h10-20,22,30,36H,6-9,21H2,1-5H3/b31-29+. The van der Waals surface area contributed by atoms with Gasteiger partial charge in [0.05, 0.1) is 24.8 Å². The summed E-state index contributed by atoms with van der Waals surface area (Å²) < 4.78 is 11.5. The van der Waals surface area contributed by atoms with E-state index in [0.29, 0.717) is 36.0 Å². The minimum atomic E-state index is -0.809. The van der Waals surface area contributed by atoms with Crippen molar-refractivity contribution in [3.05, 3.63) is 95.1 Å². The molecule has 3 aromatic carbocycles. The van der Waals surface area contributed by atoms with Crippen LogP contribution in [0.4, 0.5) is 5.69 Å². The van der Waals surface area contributed by atoms with Gasteiger partial charge in [0.2, 0.25) is 0 Å². The lowest BCUT2D eigenvalue weighted by Crippen LogP contribution is -2.29. The lowest BCUT2D eigenvalue weighted by molar-refractivity contribution is -0.132. The zero-order valence-electron chi connectivity index (χ0n) is 24.1. The van der Waals surface area contributed by atoms with Crippen LogP contribution in [0.2, 0.25) is 0 Å². The maximum absolute atomic E-state index is 13.5. The number of amides is 1. The van der Waals surface area contributed by atoms with Gasteiger partial charge in [-0.05, 0) is 66.3 Å². The van der Waals surface area contributed by atoms with Crippen LogP contribution >= 0.6 is 0 Å². The van der Waals surface area contributed by atoms with Crippen LogP contribution in [0.3, 0.4) is 0 Å². The summed E-state index contributed by atoms with van der Waals surface area (Å²) in [6.07, 6.45) is 3.19. The molecule has 0 spiro atoms. The van der Waals surface area contributed by atoms with E-state index >= 15 is 0 Å². The van der Waals surface area contributed by atoms with Crippen LogP contribution < -0.4 is 14.4 Å². The van der Waals surface area contributed by atoms with Crippen molar-refractivity contribution in [2.75, 3.05) is 18.1 Å². The van der Waals surface area contributed by atoms with Crippen molar-refractivity contribution in [3.8, 4) is 11.5 Å². The van der Waals surface area contributed by atoms with E-state index in [1.54, 1.807) is 42.5 Å². The third-order valence-corrected chi connectivity index (χ3v) is 7.09. The van der Waals surface area contributed by atoms with E-state index in [0.717, 1.165) is 30.4 Å². The molecule has 1 atom stereocenters. The second kappa shape index (κ2) is 12.4. The molecule has 0 saturated carbocycles. The van der Waals surface area contributed by atoms with E-state index in [1.165, 1.54) is 4.90 Å². The van der Waals surface area contributed by atoms with Crippen molar-refractivity contribution in [3.63, 3.8) is 0 Å². The number of unbranched alkanes of at least 4 members (excludes halogenated alkanes) is 2. The van der Waals surface area contributed by atoms with E-state index in [2.05, 4.69) is 27.7 Å². The molecule has 0 aromatic heterocycles. The number of carbonyl (C=O) groups excluding carboxylic acids is 2. The SMILES string of the molecule is CCCCCOc1ccc(/C(O)=C2\C(=O)C(=O)N(c3cccc(OCC)c3)C2c2ccc(C(C)(C)C)cc2)cc1. The number of ketones is 1. The minimum Gasteiger partial charge on any atom is -0.507 e. The first-order chi connectivity index (χ1) is 19.2. The molecule has 4 rings (SSSR count). The molecule has 6 nitrogen and oxygen atoms in total. The predicted octanol–water partition coefficient (Wildman–Crippen LogP) is 7.58. The molecule has 1 fully saturated rings. The Kier molecular flexibility index (Phi) is 8.98. The van der Waals surface area contributed by atoms with Gasteiger partial charge in [-0.2, -0.15) is 0 Å². The van der Waals surface area contributed by atoms with E-state index < -0.39 is 17.7 Å². The molecular formula is C34H39NO5. The lowest BCUT2D eigenvalue weighted by atomic mass is 9.85. The number of hydrogen-bond donors (Lipinski definition) is 1. The van der Waals surface area contributed by atoms with Gasteiger partial charge in [0.15, 0.2) is 0 Å². The fraction of sp³-hybridized carbons (Fsp3) is 0.353. The monoisotopic (exact) mass is 541 g/mol. The van der Waals surface area contributed by atoms with Gasteiger partial charge in [0.1, 0.15) is 17.3 Å². The highest BCUT2D eigenvalue weighted by Gasteiger charge is 2.47. The number of ether oxygens (including phenoxy) is 2. The van der Waals surface area contributed by atoms with Gasteiger partial charge in [0, 0.05) is 17.3 Å². The number of benzene rings is 3. The summed E-state index contributed by atoms with van der Waals surface area (Å²) in [4.78, 5) is 28.5. The quantitative estimate of drug-likeness (QED) is 0.124. The van der Waals surface area contributed by atoms with E-state index in [4.69, 9.17) is 9.47 Å². The van der Waals surface area contributed by atoms with Crippen LogP contribution in [-0.2, 0) is 15.0 Å². The van der Waals surface area contributed by atoms with Crippen LogP contribution in [0.5, 0.6) is 11.5 Å². The molecule has 40 heavy (non-hydrogen) atoms. The fourth-order valence-electron chi connectivity index (χ4n) is 4.88. The van der Waals surface area contributed by atoms with Crippen LogP contribution in [0.1, 0.15) is 76.6 Å². The highest BCUT2D eigenvalue weighted by molar-refractivity contribution is 6.51. The molecule has 1 N–H and O–H groups in total. The highest BCUT2D eigenvalue weighted by Crippen LogP contribution is 2.43. The van der Waals surface area contributed by atoms with Crippen LogP contribution in [-0.4, -0.2) is 30.0 Å². The average molecular weight is 542 g/mol. The average Bonchev–Trinajstić information content (AvgIpc) is 3.21. The number of Topliss-reactive ketones (excluding diaryl/α,β-unsaturated/α-hetero) is 1. The largest absolute Gasteiger partial charge is 0.507 e. The second-order valence-electron chi connectivity index (χ2n) is 11.1. The van der Waals surface area contributed by atoms with Gasteiger partial charge in [0.25, 0.3) is 11.7 Å². The summed E-state index contributed by atoms with van der Waals surface area (Å²) in [5, 5.41) is 11.5. The number of nitrogens with zero attached hydrogens (tertiary/aromatic N) is 1. The number of aliphatic hydroxyl groups is 1. The van der Waals surface area contributed by atoms with Crippen molar-refractivity contribution in [1.82, 2.24) is 0 Å². The molecule has 1 saturated heterocycles. The number of hydrogen-bond acceptors (Lipinski definition) is 5. The number of aliphatic hydroxyl groups excluding tert-OH is 1. The van der Waals surface area contributed by atoms with Crippen molar-refractivity contribution in [2.45, 2.75) is 65.3 Å². The molecule has 1 amide bonds. The van der Waals surface area contributed by atoms with Crippen molar-refractivity contribution < 1.29 is 24.2 Å². The Bertz CT molecular complexity index is 1370. The Morgan fingerprint density at radius 1 is 0.875 bits per heavy atom. The Labute approximate surface area is 237 Å². The molecule has 1 unspecified atom stereocenters. The zero-order chi connectivity index (χ0) is 28.9. The van der Waals surface area contributed by atoms with Crippen LogP contribution in [0.15, 0.2) is 78.4 Å². The van der Waals surface area contributed by atoms with Gasteiger partial charge in [-0.3, -0.25) is 14.5 Å². The smallest absolute Gasteiger partial charge is 0.300 e. The van der Waals surface area contributed by atoms with Gasteiger partial charge in [-0.1, -0.05) is 70.9 Å². The normalized spacial score (nSPS) is 16.8. The van der Waals surface area contributed by atoms with Crippen molar-refractivity contribution >= 4 is 23.1 Å². The minimum absolute atomic E-state index is 0.0481. The van der Waals surface area contributed by atoms with Crippen molar-refractivity contribution in [2.24, 2.45) is 0 Å². The highest BCUT2D eigenvalue weighted by atomic mass is 16.5. The van der Waals surface area contributed by atoms with E-state index in [1.807, 2.05) is 37.3 Å². The maximum Gasteiger partial charge on any atom is 0.300 e. The zero-order valence-corrected chi connectivity index (χ0v) is 24.1. The third-order valence-electron chi connectivity index (χ3n) is 7.09. The van der Waals surface area contributed by atoms with Crippen LogP contribution in [0.25, 0.3) is 5.76 Å². The summed E-state index contributed by atoms with van der Waals surface area (Å²) in [6.45, 7) is 11.5. The summed E-state index contributed by atoms with van der Waals surface area (Å²) >= 11 is 0. The first-order valence-corrected chi connectivity index (χ1v) is 14.0. The molecule has 1 aliphatic heterocycles. The number of anilines is 1. The summed E-state index contributed by atoms with van der Waals surface area (Å²) in [5.41, 5.74) is 2.80. The van der Waals surface area contributed by atoms with E-state index in [9.17, 15) is 14.7 Å². The Balaban J connectivity index is 1.78. The first kappa shape index (κ1) is 28.9.